The Bertz CT molecular complexity index is 596. The minimum Gasteiger partial charge on any atom is -0.338 e. The fourth-order valence-electron chi connectivity index (χ4n) is 3.35. The molecule has 5 nitrogen and oxygen atoms in total. The third-order valence-corrected chi connectivity index (χ3v) is 4.52. The third kappa shape index (κ3) is 6.01. The topological polar surface area (TPSA) is 61.4 Å². The van der Waals surface area contributed by atoms with Crippen molar-refractivity contribution >= 4 is 29.9 Å². The molecule has 0 saturated carbocycles. The van der Waals surface area contributed by atoms with Gasteiger partial charge in [0.05, 0.1) is 0 Å². The molecule has 1 aromatic rings. The van der Waals surface area contributed by atoms with E-state index in [0.717, 1.165) is 24.3 Å². The van der Waals surface area contributed by atoms with Crippen LogP contribution in [0.1, 0.15) is 42.6 Å². The summed E-state index contributed by atoms with van der Waals surface area (Å²) in [6.07, 6.45) is 1.58. The Morgan fingerprint density at radius 3 is 2.44 bits per heavy atom. The summed E-state index contributed by atoms with van der Waals surface area (Å²) in [5.41, 5.74) is 2.33. The Morgan fingerprint density at radius 2 is 1.84 bits per heavy atom. The predicted molar refractivity (Wildman–Crippen MR) is 104 cm³/mol. The average Bonchev–Trinajstić information content (AvgIpc) is 2.53. The van der Waals surface area contributed by atoms with Crippen LogP contribution in [0, 0.1) is 18.8 Å². The summed E-state index contributed by atoms with van der Waals surface area (Å²) in [4.78, 5) is 26.7. The van der Waals surface area contributed by atoms with E-state index in [9.17, 15) is 9.59 Å². The third-order valence-electron chi connectivity index (χ3n) is 4.52. The first-order valence-corrected chi connectivity index (χ1v) is 8.75. The van der Waals surface area contributed by atoms with Crippen LogP contribution in [0.4, 0.5) is 5.69 Å². The Morgan fingerprint density at radius 1 is 1.20 bits per heavy atom. The number of hydrogen-bond donors (Lipinski definition) is 2. The van der Waals surface area contributed by atoms with Gasteiger partial charge in [0.2, 0.25) is 5.91 Å². The highest BCUT2D eigenvalue weighted by Gasteiger charge is 2.26. The van der Waals surface area contributed by atoms with E-state index in [1.165, 1.54) is 6.42 Å². The van der Waals surface area contributed by atoms with Crippen LogP contribution >= 0.6 is 12.4 Å². The lowest BCUT2D eigenvalue weighted by atomic mass is 9.91. The molecule has 25 heavy (non-hydrogen) atoms. The molecular formula is C19H30ClN3O2. The molecule has 2 N–H and O–H groups in total. The van der Waals surface area contributed by atoms with Crippen molar-refractivity contribution in [2.24, 2.45) is 11.8 Å². The van der Waals surface area contributed by atoms with E-state index in [2.05, 4.69) is 24.5 Å². The fourth-order valence-corrected chi connectivity index (χ4v) is 3.35. The predicted octanol–water partition coefficient (Wildman–Crippen LogP) is 3.08. The minimum atomic E-state index is -0.0442. The number of nitrogens with one attached hydrogen (secondary N) is 2. The van der Waals surface area contributed by atoms with Gasteiger partial charge >= 0.3 is 0 Å². The van der Waals surface area contributed by atoms with Crippen molar-refractivity contribution in [3.63, 3.8) is 0 Å². The van der Waals surface area contributed by atoms with Crippen molar-refractivity contribution in [2.45, 2.75) is 33.6 Å². The van der Waals surface area contributed by atoms with Crippen LogP contribution in [0.2, 0.25) is 0 Å². The van der Waals surface area contributed by atoms with E-state index in [-0.39, 0.29) is 24.2 Å². The summed E-state index contributed by atoms with van der Waals surface area (Å²) in [5, 5.41) is 5.87. The number of hydrogen-bond acceptors (Lipinski definition) is 3. The average molecular weight is 368 g/mol. The molecule has 0 aliphatic carbocycles. The molecular weight excluding hydrogens is 338 g/mol. The van der Waals surface area contributed by atoms with Crippen molar-refractivity contribution in [2.75, 3.05) is 32.0 Å². The lowest BCUT2D eigenvalue weighted by molar-refractivity contribution is -0.116. The van der Waals surface area contributed by atoms with E-state index in [4.69, 9.17) is 0 Å². The number of carbonyl (C=O) groups is 2. The van der Waals surface area contributed by atoms with Gasteiger partial charge in [-0.25, -0.2) is 0 Å². The summed E-state index contributed by atoms with van der Waals surface area (Å²) in [5.74, 6) is 1.07. The normalized spacial score (nSPS) is 19.9. The second kappa shape index (κ2) is 9.78. The Kier molecular flexibility index (Phi) is 8.39. The number of carbonyl (C=O) groups excluding carboxylic acids is 2. The summed E-state index contributed by atoms with van der Waals surface area (Å²) in [7, 11) is 1.82. The van der Waals surface area contributed by atoms with Gasteiger partial charge in [-0.05, 0) is 49.9 Å². The van der Waals surface area contributed by atoms with Crippen molar-refractivity contribution in [3.05, 3.63) is 29.3 Å². The number of benzene rings is 1. The Balaban J connectivity index is 0.00000312. The summed E-state index contributed by atoms with van der Waals surface area (Å²) >= 11 is 0. The quantitative estimate of drug-likeness (QED) is 0.840. The van der Waals surface area contributed by atoms with Crippen LogP contribution < -0.4 is 10.6 Å². The molecule has 1 fully saturated rings. The van der Waals surface area contributed by atoms with Crippen LogP contribution in [0.15, 0.2) is 18.2 Å². The molecule has 2 rings (SSSR count). The van der Waals surface area contributed by atoms with Crippen LogP contribution in [-0.2, 0) is 4.79 Å². The lowest BCUT2D eigenvalue weighted by Gasteiger charge is -2.35. The zero-order valence-electron chi connectivity index (χ0n) is 15.6. The Hall–Kier alpha value is -1.59. The highest BCUT2D eigenvalue weighted by molar-refractivity contribution is 5.97. The number of anilines is 1. The van der Waals surface area contributed by atoms with E-state index in [0.29, 0.717) is 30.4 Å². The molecule has 0 aromatic heterocycles. The summed E-state index contributed by atoms with van der Waals surface area (Å²) in [6.45, 7) is 8.57. The van der Waals surface area contributed by atoms with Crippen molar-refractivity contribution in [1.82, 2.24) is 10.2 Å². The van der Waals surface area contributed by atoms with E-state index >= 15 is 0 Å². The SMILES string of the molecule is CNCCC(=O)Nc1cc(C(=O)N2CC(C)CC(C)C2)ccc1C.Cl. The van der Waals surface area contributed by atoms with Crippen molar-refractivity contribution in [1.29, 1.82) is 0 Å². The monoisotopic (exact) mass is 367 g/mol. The van der Waals surface area contributed by atoms with Gasteiger partial charge in [0.25, 0.3) is 5.91 Å². The maximum Gasteiger partial charge on any atom is 0.253 e. The van der Waals surface area contributed by atoms with Gasteiger partial charge in [-0.3, -0.25) is 9.59 Å². The number of amides is 2. The lowest BCUT2D eigenvalue weighted by Crippen LogP contribution is -2.42. The molecule has 2 amide bonds. The van der Waals surface area contributed by atoms with Crippen LogP contribution in [0.5, 0.6) is 0 Å². The van der Waals surface area contributed by atoms with Gasteiger partial charge in [0.15, 0.2) is 0 Å². The van der Waals surface area contributed by atoms with Gasteiger partial charge in [-0.1, -0.05) is 19.9 Å². The molecule has 1 aliphatic rings. The molecule has 1 aliphatic heterocycles. The number of piperidine rings is 1. The van der Waals surface area contributed by atoms with Crippen LogP contribution in [0.25, 0.3) is 0 Å². The van der Waals surface area contributed by atoms with Crippen molar-refractivity contribution in [3.8, 4) is 0 Å². The first kappa shape index (κ1) is 21.5. The molecule has 6 heteroatoms. The molecule has 2 unspecified atom stereocenters. The van der Waals surface area contributed by atoms with Crippen LogP contribution in [0.3, 0.4) is 0 Å². The number of halogens is 1. The van der Waals surface area contributed by atoms with Gasteiger partial charge in [-0.2, -0.15) is 0 Å². The van der Waals surface area contributed by atoms with Crippen molar-refractivity contribution < 1.29 is 9.59 Å². The second-order valence-corrected chi connectivity index (χ2v) is 7.09. The van der Waals surface area contributed by atoms with E-state index < -0.39 is 0 Å². The zero-order valence-corrected chi connectivity index (χ0v) is 16.4. The Labute approximate surface area is 157 Å². The number of likely N-dealkylation sites (tertiary alicyclic amines) is 1. The molecule has 1 aromatic carbocycles. The van der Waals surface area contributed by atoms with Gasteiger partial charge < -0.3 is 15.5 Å². The molecule has 1 heterocycles. The van der Waals surface area contributed by atoms with Gasteiger partial charge in [-0.15, -0.1) is 12.4 Å². The summed E-state index contributed by atoms with van der Waals surface area (Å²) < 4.78 is 0. The van der Waals surface area contributed by atoms with Gasteiger partial charge in [0, 0.05) is 37.3 Å². The highest BCUT2D eigenvalue weighted by Crippen LogP contribution is 2.24. The minimum absolute atomic E-state index is 0. The fraction of sp³-hybridized carbons (Fsp3) is 0.579. The maximum absolute atomic E-state index is 12.8. The van der Waals surface area contributed by atoms with Gasteiger partial charge in [0.1, 0.15) is 0 Å². The number of rotatable bonds is 5. The van der Waals surface area contributed by atoms with Crippen LogP contribution in [-0.4, -0.2) is 43.4 Å². The smallest absolute Gasteiger partial charge is 0.253 e. The number of nitrogens with zero attached hydrogens (tertiary/aromatic N) is 1. The molecule has 2 atom stereocenters. The van der Waals surface area contributed by atoms with E-state index in [1.807, 2.05) is 31.0 Å². The molecule has 0 bridgehead atoms. The largest absolute Gasteiger partial charge is 0.338 e. The maximum atomic E-state index is 12.8. The standard InChI is InChI=1S/C19H29N3O2.ClH/c1-13-9-14(2)12-22(11-13)19(24)16-6-5-15(3)17(10-16)21-18(23)7-8-20-4;/h5-6,10,13-14,20H,7-9,11-12H2,1-4H3,(H,21,23);1H. The number of aryl methyl sites for hydroxylation is 1. The first-order chi connectivity index (χ1) is 11.4. The molecule has 140 valence electrons. The summed E-state index contributed by atoms with van der Waals surface area (Å²) in [6, 6.07) is 5.56. The molecule has 1 saturated heterocycles. The van der Waals surface area contributed by atoms with E-state index in [1.54, 1.807) is 6.07 Å². The molecule has 0 spiro atoms. The second-order valence-electron chi connectivity index (χ2n) is 7.09. The zero-order chi connectivity index (χ0) is 17.7. The highest BCUT2D eigenvalue weighted by atomic mass is 35.5. The first-order valence-electron chi connectivity index (χ1n) is 8.75. The molecule has 0 radical (unpaired) electrons.